The summed E-state index contributed by atoms with van der Waals surface area (Å²) in [6.07, 6.45) is 0.304. The number of carbonyl (C=O) groups is 2. The van der Waals surface area contributed by atoms with Crippen molar-refractivity contribution in [2.75, 3.05) is 13.2 Å². The second-order valence-electron chi connectivity index (χ2n) is 5.52. The van der Waals surface area contributed by atoms with Gasteiger partial charge in [0.1, 0.15) is 6.54 Å². The number of aryl methyl sites for hydroxylation is 2. The highest BCUT2D eigenvalue weighted by molar-refractivity contribution is 5.83. The van der Waals surface area contributed by atoms with Crippen molar-refractivity contribution in [1.29, 1.82) is 0 Å². The summed E-state index contributed by atoms with van der Waals surface area (Å²) in [6, 6.07) is 5.97. The first-order valence-electron chi connectivity index (χ1n) is 7.36. The maximum absolute atomic E-state index is 12.4. The summed E-state index contributed by atoms with van der Waals surface area (Å²) in [5, 5.41) is 0. The van der Waals surface area contributed by atoms with Gasteiger partial charge in [-0.2, -0.15) is 0 Å². The van der Waals surface area contributed by atoms with E-state index in [4.69, 9.17) is 4.74 Å². The van der Waals surface area contributed by atoms with Gasteiger partial charge in [-0.25, -0.2) is 0 Å². The Morgan fingerprint density at radius 1 is 1.19 bits per heavy atom. The molecular weight excluding hydrogens is 266 g/mol. The lowest BCUT2D eigenvalue weighted by molar-refractivity contribution is -0.149. The Morgan fingerprint density at radius 3 is 2.38 bits per heavy atom. The number of esters is 1. The number of benzene rings is 1. The molecule has 1 aromatic carbocycles. The molecule has 0 saturated heterocycles. The molecule has 4 nitrogen and oxygen atoms in total. The highest BCUT2D eigenvalue weighted by Crippen LogP contribution is 2.12. The lowest BCUT2D eigenvalue weighted by atomic mass is 10.0. The van der Waals surface area contributed by atoms with Gasteiger partial charge in [0.05, 0.1) is 13.0 Å². The molecule has 0 fully saturated rings. The lowest BCUT2D eigenvalue weighted by Crippen LogP contribution is -2.42. The van der Waals surface area contributed by atoms with Crippen LogP contribution in [-0.4, -0.2) is 36.0 Å². The molecule has 0 atom stereocenters. The number of nitrogens with zero attached hydrogens (tertiary/aromatic N) is 1. The van der Waals surface area contributed by atoms with E-state index in [1.807, 2.05) is 45.9 Å². The molecule has 0 aromatic heterocycles. The van der Waals surface area contributed by atoms with E-state index in [0.29, 0.717) is 13.0 Å². The highest BCUT2D eigenvalue weighted by atomic mass is 16.5. The second kappa shape index (κ2) is 7.81. The quantitative estimate of drug-likeness (QED) is 0.757. The van der Waals surface area contributed by atoms with Gasteiger partial charge in [0.25, 0.3) is 0 Å². The maximum Gasteiger partial charge on any atom is 0.325 e. The third-order valence-corrected chi connectivity index (χ3v) is 3.48. The Morgan fingerprint density at radius 2 is 1.86 bits per heavy atom. The maximum atomic E-state index is 12.4. The summed E-state index contributed by atoms with van der Waals surface area (Å²) in [5.41, 5.74) is 3.35. The summed E-state index contributed by atoms with van der Waals surface area (Å²) in [7, 11) is 0. The molecule has 4 heteroatoms. The van der Waals surface area contributed by atoms with Crippen molar-refractivity contribution in [1.82, 2.24) is 4.90 Å². The van der Waals surface area contributed by atoms with Crippen molar-refractivity contribution < 1.29 is 14.3 Å². The standard InChI is InChI=1S/C17H25NO3/c1-6-21-17(20)11-18(12(2)3)16(19)10-15-8-7-13(4)14(5)9-15/h7-9,12H,6,10-11H2,1-5H3. The van der Waals surface area contributed by atoms with Crippen LogP contribution in [0.4, 0.5) is 0 Å². The van der Waals surface area contributed by atoms with Gasteiger partial charge in [-0.05, 0) is 51.3 Å². The molecule has 0 aliphatic heterocycles. The van der Waals surface area contributed by atoms with Gasteiger partial charge in [0.2, 0.25) is 5.91 Å². The molecule has 116 valence electrons. The van der Waals surface area contributed by atoms with Gasteiger partial charge in [0, 0.05) is 6.04 Å². The van der Waals surface area contributed by atoms with Crippen LogP contribution in [0, 0.1) is 13.8 Å². The number of carbonyl (C=O) groups excluding carboxylic acids is 2. The summed E-state index contributed by atoms with van der Waals surface area (Å²) in [6.45, 7) is 9.97. The van der Waals surface area contributed by atoms with Gasteiger partial charge in [-0.15, -0.1) is 0 Å². The molecule has 0 bridgehead atoms. The van der Waals surface area contributed by atoms with Gasteiger partial charge in [-0.3, -0.25) is 9.59 Å². The predicted molar refractivity (Wildman–Crippen MR) is 83.1 cm³/mol. The Kier molecular flexibility index (Phi) is 6.40. The van der Waals surface area contributed by atoms with E-state index in [-0.39, 0.29) is 24.5 Å². The number of hydrogen-bond donors (Lipinski definition) is 0. The number of amides is 1. The van der Waals surface area contributed by atoms with Crippen molar-refractivity contribution in [3.05, 3.63) is 34.9 Å². The van der Waals surface area contributed by atoms with Crippen molar-refractivity contribution in [2.24, 2.45) is 0 Å². The van der Waals surface area contributed by atoms with Gasteiger partial charge < -0.3 is 9.64 Å². The minimum atomic E-state index is -0.361. The fourth-order valence-corrected chi connectivity index (χ4v) is 2.09. The van der Waals surface area contributed by atoms with Crippen molar-refractivity contribution in [2.45, 2.75) is 47.1 Å². The molecular formula is C17H25NO3. The Bertz CT molecular complexity index is 509. The normalized spacial score (nSPS) is 10.6. The first-order valence-corrected chi connectivity index (χ1v) is 7.36. The van der Waals surface area contributed by atoms with Crippen LogP contribution in [0.15, 0.2) is 18.2 Å². The van der Waals surface area contributed by atoms with Crippen LogP contribution in [-0.2, 0) is 20.7 Å². The van der Waals surface area contributed by atoms with Crippen LogP contribution in [0.3, 0.4) is 0 Å². The Balaban J connectivity index is 2.76. The van der Waals surface area contributed by atoms with E-state index in [1.54, 1.807) is 11.8 Å². The molecule has 0 radical (unpaired) electrons. The zero-order valence-electron chi connectivity index (χ0n) is 13.6. The summed E-state index contributed by atoms with van der Waals surface area (Å²) in [4.78, 5) is 25.6. The molecule has 0 aliphatic carbocycles. The molecule has 1 amide bonds. The van der Waals surface area contributed by atoms with E-state index in [0.717, 1.165) is 5.56 Å². The van der Waals surface area contributed by atoms with Crippen molar-refractivity contribution >= 4 is 11.9 Å². The van der Waals surface area contributed by atoms with E-state index < -0.39 is 0 Å². The molecule has 0 unspecified atom stereocenters. The molecule has 0 aliphatic rings. The average Bonchev–Trinajstić information content (AvgIpc) is 2.40. The molecule has 21 heavy (non-hydrogen) atoms. The molecule has 1 aromatic rings. The minimum Gasteiger partial charge on any atom is -0.465 e. The monoisotopic (exact) mass is 291 g/mol. The molecule has 1 rings (SSSR count). The molecule has 0 saturated carbocycles. The third kappa shape index (κ3) is 5.21. The number of rotatable bonds is 6. The third-order valence-electron chi connectivity index (χ3n) is 3.48. The number of ether oxygens (including phenoxy) is 1. The van der Waals surface area contributed by atoms with Crippen LogP contribution < -0.4 is 0 Å². The van der Waals surface area contributed by atoms with E-state index >= 15 is 0 Å². The minimum absolute atomic E-state index is 0.00911. The first kappa shape index (κ1) is 17.2. The molecule has 0 heterocycles. The van der Waals surface area contributed by atoms with Crippen molar-refractivity contribution in [3.63, 3.8) is 0 Å². The average molecular weight is 291 g/mol. The van der Waals surface area contributed by atoms with Crippen LogP contribution in [0.5, 0.6) is 0 Å². The fraction of sp³-hybridized carbons (Fsp3) is 0.529. The number of hydrogen-bond acceptors (Lipinski definition) is 3. The van der Waals surface area contributed by atoms with Crippen LogP contribution in [0.25, 0.3) is 0 Å². The van der Waals surface area contributed by atoms with Crippen LogP contribution in [0.1, 0.15) is 37.5 Å². The first-order chi connectivity index (χ1) is 9.85. The zero-order chi connectivity index (χ0) is 16.0. The largest absolute Gasteiger partial charge is 0.465 e. The summed E-state index contributed by atoms with van der Waals surface area (Å²) < 4.78 is 4.92. The SMILES string of the molecule is CCOC(=O)CN(C(=O)Cc1ccc(C)c(C)c1)C(C)C. The smallest absolute Gasteiger partial charge is 0.325 e. The molecule has 0 N–H and O–H groups in total. The van der Waals surface area contributed by atoms with E-state index in [1.165, 1.54) is 11.1 Å². The van der Waals surface area contributed by atoms with E-state index in [9.17, 15) is 9.59 Å². The van der Waals surface area contributed by atoms with Crippen molar-refractivity contribution in [3.8, 4) is 0 Å². The highest BCUT2D eigenvalue weighted by Gasteiger charge is 2.21. The zero-order valence-corrected chi connectivity index (χ0v) is 13.6. The predicted octanol–water partition coefficient (Wildman–Crippen LogP) is 2.65. The Hall–Kier alpha value is -1.84. The Labute approximate surface area is 127 Å². The van der Waals surface area contributed by atoms with Gasteiger partial charge in [-0.1, -0.05) is 18.2 Å². The van der Waals surface area contributed by atoms with Gasteiger partial charge in [0.15, 0.2) is 0 Å². The van der Waals surface area contributed by atoms with Crippen LogP contribution in [0.2, 0.25) is 0 Å². The lowest BCUT2D eigenvalue weighted by Gasteiger charge is -2.26. The summed E-state index contributed by atoms with van der Waals surface area (Å²) >= 11 is 0. The second-order valence-corrected chi connectivity index (χ2v) is 5.52. The van der Waals surface area contributed by atoms with Crippen LogP contribution >= 0.6 is 0 Å². The fourth-order valence-electron chi connectivity index (χ4n) is 2.09. The summed E-state index contributed by atoms with van der Waals surface area (Å²) in [5.74, 6) is -0.416. The molecule has 0 spiro atoms. The van der Waals surface area contributed by atoms with Gasteiger partial charge >= 0.3 is 5.97 Å². The van der Waals surface area contributed by atoms with E-state index in [2.05, 4.69) is 0 Å². The topological polar surface area (TPSA) is 46.6 Å².